The van der Waals surface area contributed by atoms with Crippen molar-refractivity contribution in [2.24, 2.45) is 5.41 Å². The largest absolute Gasteiger partial charge is 0.397 e. The maximum absolute atomic E-state index is 12.5. The monoisotopic (exact) mass is 260 g/mol. The first-order chi connectivity index (χ1) is 8.94. The van der Waals surface area contributed by atoms with E-state index < -0.39 is 0 Å². The molecule has 1 aliphatic rings. The summed E-state index contributed by atoms with van der Waals surface area (Å²) in [5, 5.41) is 3.07. The molecular weight excluding hydrogens is 236 g/mol. The minimum atomic E-state index is -0.235. The number of rotatable bonds is 2. The summed E-state index contributed by atoms with van der Waals surface area (Å²) in [7, 11) is 0. The van der Waals surface area contributed by atoms with Gasteiger partial charge in [-0.25, -0.2) is 0 Å². The van der Waals surface area contributed by atoms with E-state index >= 15 is 0 Å². The van der Waals surface area contributed by atoms with Crippen LogP contribution in [0.5, 0.6) is 0 Å². The van der Waals surface area contributed by atoms with Crippen molar-refractivity contribution in [1.82, 2.24) is 0 Å². The van der Waals surface area contributed by atoms with E-state index in [4.69, 9.17) is 5.73 Å². The Morgan fingerprint density at radius 3 is 2.47 bits per heavy atom. The third-order valence-electron chi connectivity index (χ3n) is 4.51. The van der Waals surface area contributed by atoms with Crippen molar-refractivity contribution in [2.75, 3.05) is 11.1 Å². The number of amides is 1. The lowest BCUT2D eigenvalue weighted by molar-refractivity contribution is -0.126. The number of benzene rings is 1. The fourth-order valence-electron chi connectivity index (χ4n) is 2.83. The summed E-state index contributed by atoms with van der Waals surface area (Å²) in [4.78, 5) is 12.5. The lowest BCUT2D eigenvalue weighted by Gasteiger charge is -2.32. The molecule has 1 saturated carbocycles. The molecule has 19 heavy (non-hydrogen) atoms. The summed E-state index contributed by atoms with van der Waals surface area (Å²) in [6.45, 7) is 6.11. The van der Waals surface area contributed by atoms with Crippen LogP contribution < -0.4 is 11.1 Å². The first kappa shape index (κ1) is 13.9. The van der Waals surface area contributed by atoms with Crippen molar-refractivity contribution in [3.63, 3.8) is 0 Å². The van der Waals surface area contributed by atoms with Gasteiger partial charge in [0.2, 0.25) is 5.91 Å². The molecule has 0 saturated heterocycles. The maximum Gasteiger partial charge on any atom is 0.230 e. The van der Waals surface area contributed by atoms with Crippen molar-refractivity contribution < 1.29 is 4.79 Å². The summed E-state index contributed by atoms with van der Waals surface area (Å²) >= 11 is 0. The smallest absolute Gasteiger partial charge is 0.230 e. The summed E-state index contributed by atoms with van der Waals surface area (Å²) in [6.07, 6.45) is 5.49. The van der Waals surface area contributed by atoms with Crippen molar-refractivity contribution in [1.29, 1.82) is 0 Å². The predicted molar refractivity (Wildman–Crippen MR) is 80.2 cm³/mol. The highest BCUT2D eigenvalue weighted by Crippen LogP contribution is 2.37. The Balaban J connectivity index is 2.21. The van der Waals surface area contributed by atoms with Gasteiger partial charge in [0.25, 0.3) is 0 Å². The van der Waals surface area contributed by atoms with Crippen LogP contribution in [0.1, 0.15) is 50.2 Å². The van der Waals surface area contributed by atoms with Crippen LogP contribution in [-0.2, 0) is 4.79 Å². The molecule has 1 aromatic rings. The number of hydrogen-bond acceptors (Lipinski definition) is 2. The second kappa shape index (κ2) is 5.24. The van der Waals surface area contributed by atoms with Crippen molar-refractivity contribution in [2.45, 2.75) is 52.9 Å². The third kappa shape index (κ3) is 2.75. The van der Waals surface area contributed by atoms with Crippen LogP contribution in [0.3, 0.4) is 0 Å². The Morgan fingerprint density at radius 1 is 1.21 bits per heavy atom. The number of nitrogens with one attached hydrogen (secondary N) is 1. The van der Waals surface area contributed by atoms with Gasteiger partial charge in [-0.2, -0.15) is 0 Å². The second-order valence-electron chi connectivity index (χ2n) is 6.05. The molecule has 1 aliphatic carbocycles. The number of nitrogen functional groups attached to an aromatic ring is 1. The van der Waals surface area contributed by atoms with Gasteiger partial charge >= 0.3 is 0 Å². The Bertz CT molecular complexity index is 488. The standard InChI is InChI=1S/C16H24N2O/c1-11-7-8-13(17)14(12(11)2)18-15(19)16(3)9-5-4-6-10-16/h7-8H,4-6,9-10,17H2,1-3H3,(H,18,19). The molecule has 104 valence electrons. The fourth-order valence-corrected chi connectivity index (χ4v) is 2.83. The van der Waals surface area contributed by atoms with E-state index in [0.717, 1.165) is 42.5 Å². The average Bonchev–Trinajstić information content (AvgIpc) is 2.40. The van der Waals surface area contributed by atoms with Gasteiger partial charge in [-0.1, -0.05) is 32.3 Å². The normalized spacial score (nSPS) is 18.1. The summed E-state index contributed by atoms with van der Waals surface area (Å²) < 4.78 is 0. The van der Waals surface area contributed by atoms with Crippen molar-refractivity contribution in [3.8, 4) is 0 Å². The van der Waals surface area contributed by atoms with Gasteiger partial charge in [0.1, 0.15) is 0 Å². The molecule has 0 aromatic heterocycles. The van der Waals surface area contributed by atoms with Crippen LogP contribution in [0, 0.1) is 19.3 Å². The minimum Gasteiger partial charge on any atom is -0.397 e. The van der Waals surface area contributed by atoms with Gasteiger partial charge in [0, 0.05) is 5.41 Å². The van der Waals surface area contributed by atoms with Crippen molar-refractivity contribution in [3.05, 3.63) is 23.3 Å². The van der Waals surface area contributed by atoms with Crippen molar-refractivity contribution >= 4 is 17.3 Å². The molecule has 0 atom stereocenters. The highest BCUT2D eigenvalue weighted by Gasteiger charge is 2.34. The lowest BCUT2D eigenvalue weighted by Crippen LogP contribution is -2.35. The predicted octanol–water partition coefficient (Wildman–Crippen LogP) is 3.79. The molecular formula is C16H24N2O. The van der Waals surface area contributed by atoms with Gasteiger partial charge in [-0.05, 0) is 43.9 Å². The van der Waals surface area contributed by atoms with Gasteiger partial charge in [-0.15, -0.1) is 0 Å². The second-order valence-corrected chi connectivity index (χ2v) is 6.05. The molecule has 0 spiro atoms. The van der Waals surface area contributed by atoms with Crippen LogP contribution in [-0.4, -0.2) is 5.91 Å². The van der Waals surface area contributed by atoms with E-state index in [1.165, 1.54) is 6.42 Å². The molecule has 0 bridgehead atoms. The first-order valence-electron chi connectivity index (χ1n) is 7.11. The zero-order valence-electron chi connectivity index (χ0n) is 12.2. The lowest BCUT2D eigenvalue weighted by atomic mass is 9.75. The number of nitrogens with two attached hydrogens (primary N) is 1. The van der Waals surface area contributed by atoms with E-state index in [2.05, 4.69) is 12.2 Å². The topological polar surface area (TPSA) is 55.1 Å². The molecule has 3 nitrogen and oxygen atoms in total. The van der Waals surface area contributed by atoms with E-state index in [-0.39, 0.29) is 11.3 Å². The Morgan fingerprint density at radius 2 is 1.84 bits per heavy atom. The maximum atomic E-state index is 12.5. The summed E-state index contributed by atoms with van der Waals surface area (Å²) in [5.41, 5.74) is 9.41. The van der Waals surface area contributed by atoms with Crippen LogP contribution in [0.2, 0.25) is 0 Å². The molecule has 3 N–H and O–H groups in total. The Kier molecular flexibility index (Phi) is 3.83. The molecule has 1 aromatic carbocycles. The quantitative estimate of drug-likeness (QED) is 0.795. The minimum absolute atomic E-state index is 0.118. The number of anilines is 2. The van der Waals surface area contributed by atoms with Crippen LogP contribution in [0.25, 0.3) is 0 Å². The third-order valence-corrected chi connectivity index (χ3v) is 4.51. The molecule has 1 amide bonds. The van der Waals surface area contributed by atoms with E-state index in [1.54, 1.807) is 0 Å². The van der Waals surface area contributed by atoms with E-state index in [0.29, 0.717) is 5.69 Å². The SMILES string of the molecule is Cc1ccc(N)c(NC(=O)C2(C)CCCCC2)c1C. The molecule has 3 heteroatoms. The van der Waals surface area contributed by atoms with Crippen LogP contribution in [0.4, 0.5) is 11.4 Å². The number of carbonyl (C=O) groups is 1. The molecule has 0 radical (unpaired) electrons. The summed E-state index contributed by atoms with van der Waals surface area (Å²) in [5.74, 6) is 0.118. The van der Waals surface area contributed by atoms with Gasteiger partial charge in [0.15, 0.2) is 0 Å². The molecule has 0 heterocycles. The number of hydrogen-bond donors (Lipinski definition) is 2. The zero-order chi connectivity index (χ0) is 14.0. The number of carbonyl (C=O) groups excluding carboxylic acids is 1. The highest BCUT2D eigenvalue weighted by atomic mass is 16.2. The molecule has 0 unspecified atom stereocenters. The molecule has 1 fully saturated rings. The van der Waals surface area contributed by atoms with Gasteiger partial charge in [0.05, 0.1) is 11.4 Å². The van der Waals surface area contributed by atoms with Crippen LogP contribution >= 0.6 is 0 Å². The number of aryl methyl sites for hydroxylation is 1. The molecule has 2 rings (SSSR count). The van der Waals surface area contributed by atoms with Gasteiger partial charge < -0.3 is 11.1 Å². The van der Waals surface area contributed by atoms with Gasteiger partial charge in [-0.3, -0.25) is 4.79 Å². The van der Waals surface area contributed by atoms with E-state index in [1.807, 2.05) is 26.0 Å². The Labute approximate surface area is 115 Å². The zero-order valence-corrected chi connectivity index (χ0v) is 12.2. The Hall–Kier alpha value is -1.51. The van der Waals surface area contributed by atoms with Crippen LogP contribution in [0.15, 0.2) is 12.1 Å². The van der Waals surface area contributed by atoms with E-state index in [9.17, 15) is 4.79 Å². The molecule has 0 aliphatic heterocycles. The highest BCUT2D eigenvalue weighted by molar-refractivity contribution is 5.98. The first-order valence-corrected chi connectivity index (χ1v) is 7.11. The summed E-state index contributed by atoms with van der Waals surface area (Å²) in [6, 6.07) is 3.85. The average molecular weight is 260 g/mol. The fraction of sp³-hybridized carbons (Fsp3) is 0.562.